The first-order valence-electron chi connectivity index (χ1n) is 12.0. The second-order valence-corrected chi connectivity index (χ2v) is 8.81. The summed E-state index contributed by atoms with van der Waals surface area (Å²) in [5.74, 6) is -0.677. The predicted octanol–water partition coefficient (Wildman–Crippen LogP) is 5.82. The highest BCUT2D eigenvalue weighted by Gasteiger charge is 2.31. The Kier molecular flexibility index (Phi) is 9.80. The standard InChI is InChI=1S/C29H34O5/c1-21-11-9-10-14-23(21)27(31)20-34-28-19-26(30)24(15-7-2-3-8-16-29(32)33)25(28)18-17-22-12-5-4-6-13-22/h4-6,9-14,17-18,27-28,31H,2-3,7-8,15-16,19-20H2,1H3,(H,32,33)/t27?,28-/m0/s1. The number of carboxylic acids is 1. The third-order valence-corrected chi connectivity index (χ3v) is 6.23. The van der Waals surface area contributed by atoms with Crippen molar-refractivity contribution in [2.24, 2.45) is 0 Å². The minimum Gasteiger partial charge on any atom is -0.481 e. The summed E-state index contributed by atoms with van der Waals surface area (Å²) in [6, 6.07) is 17.6. The molecule has 5 nitrogen and oxygen atoms in total. The van der Waals surface area contributed by atoms with Crippen LogP contribution in [0.1, 0.15) is 67.7 Å². The number of benzene rings is 2. The number of hydrogen-bond donors (Lipinski definition) is 2. The molecule has 0 spiro atoms. The molecule has 0 aliphatic heterocycles. The highest BCUT2D eigenvalue weighted by atomic mass is 16.5. The molecule has 0 radical (unpaired) electrons. The lowest BCUT2D eigenvalue weighted by Crippen LogP contribution is -2.18. The summed E-state index contributed by atoms with van der Waals surface area (Å²) < 4.78 is 6.10. The minimum atomic E-state index is -0.769. The Morgan fingerprint density at radius 1 is 1.03 bits per heavy atom. The number of carbonyl (C=O) groups is 2. The zero-order valence-electron chi connectivity index (χ0n) is 19.8. The SMILES string of the molecule is Cc1ccccc1C(O)CO[C@H]1CC(=O)C(CCCCCCC(=O)O)=C1C=Cc1ccccc1. The summed E-state index contributed by atoms with van der Waals surface area (Å²) >= 11 is 0. The van der Waals surface area contributed by atoms with Gasteiger partial charge < -0.3 is 14.9 Å². The molecule has 1 aliphatic carbocycles. The predicted molar refractivity (Wildman–Crippen MR) is 133 cm³/mol. The number of aryl methyl sites for hydroxylation is 1. The van der Waals surface area contributed by atoms with Crippen LogP contribution in [0.15, 0.2) is 71.8 Å². The summed E-state index contributed by atoms with van der Waals surface area (Å²) in [5.41, 5.74) is 4.56. The van der Waals surface area contributed by atoms with Crippen molar-refractivity contribution in [3.63, 3.8) is 0 Å². The summed E-state index contributed by atoms with van der Waals surface area (Å²) in [4.78, 5) is 23.6. The summed E-state index contributed by atoms with van der Waals surface area (Å²) in [5, 5.41) is 19.4. The number of allylic oxidation sites excluding steroid dienone is 1. The van der Waals surface area contributed by atoms with E-state index in [1.54, 1.807) is 0 Å². The van der Waals surface area contributed by atoms with E-state index in [2.05, 4.69) is 0 Å². The Morgan fingerprint density at radius 3 is 2.47 bits per heavy atom. The number of carboxylic acid groups (broad SMARTS) is 1. The zero-order chi connectivity index (χ0) is 24.3. The van der Waals surface area contributed by atoms with E-state index in [-0.39, 0.29) is 31.3 Å². The molecular weight excluding hydrogens is 428 g/mol. The second kappa shape index (κ2) is 13.0. The van der Waals surface area contributed by atoms with Crippen LogP contribution in [0.5, 0.6) is 0 Å². The third-order valence-electron chi connectivity index (χ3n) is 6.23. The van der Waals surface area contributed by atoms with E-state index < -0.39 is 12.1 Å². The largest absolute Gasteiger partial charge is 0.481 e. The van der Waals surface area contributed by atoms with Gasteiger partial charge in [0, 0.05) is 18.4 Å². The molecule has 1 unspecified atom stereocenters. The van der Waals surface area contributed by atoms with Crippen LogP contribution in [0, 0.1) is 6.92 Å². The molecular formula is C29H34O5. The van der Waals surface area contributed by atoms with Crippen LogP contribution >= 0.6 is 0 Å². The van der Waals surface area contributed by atoms with E-state index in [0.29, 0.717) is 12.8 Å². The third kappa shape index (κ3) is 7.51. The normalized spacial score (nSPS) is 17.0. The van der Waals surface area contributed by atoms with E-state index in [0.717, 1.165) is 47.1 Å². The molecule has 0 aromatic heterocycles. The van der Waals surface area contributed by atoms with Gasteiger partial charge in [0.15, 0.2) is 5.78 Å². The molecule has 0 bridgehead atoms. The molecule has 2 atom stereocenters. The number of hydrogen-bond acceptors (Lipinski definition) is 4. The molecule has 0 saturated carbocycles. The number of aliphatic carboxylic acids is 1. The molecule has 1 aliphatic rings. The average molecular weight is 463 g/mol. The van der Waals surface area contributed by atoms with Crippen molar-refractivity contribution in [3.8, 4) is 0 Å². The fourth-order valence-corrected chi connectivity index (χ4v) is 4.34. The van der Waals surface area contributed by atoms with Crippen LogP contribution in [-0.2, 0) is 14.3 Å². The summed E-state index contributed by atoms with van der Waals surface area (Å²) in [6.45, 7) is 2.08. The fraction of sp³-hybridized carbons (Fsp3) is 0.379. The van der Waals surface area contributed by atoms with Crippen molar-refractivity contribution in [1.82, 2.24) is 0 Å². The Balaban J connectivity index is 1.69. The van der Waals surface area contributed by atoms with Gasteiger partial charge in [-0.1, -0.05) is 79.6 Å². The van der Waals surface area contributed by atoms with Crippen molar-refractivity contribution in [2.75, 3.05) is 6.61 Å². The van der Waals surface area contributed by atoms with E-state index in [1.807, 2.05) is 73.7 Å². The van der Waals surface area contributed by atoms with Crippen LogP contribution in [0.4, 0.5) is 0 Å². The maximum atomic E-state index is 12.9. The molecule has 2 aromatic carbocycles. The van der Waals surface area contributed by atoms with Gasteiger partial charge in [-0.2, -0.15) is 0 Å². The Hall–Kier alpha value is -3.02. The quantitative estimate of drug-likeness (QED) is 0.366. The second-order valence-electron chi connectivity index (χ2n) is 8.81. The van der Waals surface area contributed by atoms with E-state index in [4.69, 9.17) is 9.84 Å². The molecule has 2 N–H and O–H groups in total. The molecule has 3 rings (SSSR count). The van der Waals surface area contributed by atoms with Gasteiger partial charge in [0.25, 0.3) is 0 Å². The lowest BCUT2D eigenvalue weighted by atomic mass is 10.0. The van der Waals surface area contributed by atoms with Crippen LogP contribution in [0.25, 0.3) is 6.08 Å². The number of ketones is 1. The molecule has 0 amide bonds. The molecule has 180 valence electrons. The van der Waals surface area contributed by atoms with Gasteiger partial charge in [-0.15, -0.1) is 0 Å². The van der Waals surface area contributed by atoms with Crippen LogP contribution in [-0.4, -0.2) is 34.7 Å². The van der Waals surface area contributed by atoms with Crippen LogP contribution in [0.2, 0.25) is 0 Å². The van der Waals surface area contributed by atoms with Gasteiger partial charge in [-0.05, 0) is 48.4 Å². The first-order valence-corrected chi connectivity index (χ1v) is 12.0. The highest BCUT2D eigenvalue weighted by molar-refractivity contribution is 6.00. The van der Waals surface area contributed by atoms with E-state index in [1.165, 1.54) is 0 Å². The van der Waals surface area contributed by atoms with Crippen LogP contribution < -0.4 is 0 Å². The zero-order valence-corrected chi connectivity index (χ0v) is 19.8. The average Bonchev–Trinajstić information content (AvgIpc) is 3.13. The molecule has 5 heteroatoms. The number of ether oxygens (including phenoxy) is 1. The lowest BCUT2D eigenvalue weighted by Gasteiger charge is -2.18. The maximum absolute atomic E-state index is 12.9. The lowest BCUT2D eigenvalue weighted by molar-refractivity contribution is -0.137. The minimum absolute atomic E-state index is 0.0913. The number of aliphatic hydroxyl groups excluding tert-OH is 1. The van der Waals surface area contributed by atoms with Gasteiger partial charge in [0.1, 0.15) is 6.10 Å². The van der Waals surface area contributed by atoms with Crippen molar-refractivity contribution in [2.45, 2.75) is 64.1 Å². The Bertz CT molecular complexity index is 1020. The van der Waals surface area contributed by atoms with Gasteiger partial charge >= 0.3 is 5.97 Å². The summed E-state index contributed by atoms with van der Waals surface area (Å²) in [6.07, 6.45) is 7.17. The van der Waals surface area contributed by atoms with Gasteiger partial charge in [-0.3, -0.25) is 9.59 Å². The first-order chi connectivity index (χ1) is 16.5. The highest BCUT2D eigenvalue weighted by Crippen LogP contribution is 2.32. The van der Waals surface area contributed by atoms with Crippen molar-refractivity contribution in [3.05, 3.63) is 88.5 Å². The van der Waals surface area contributed by atoms with E-state index >= 15 is 0 Å². The molecule has 0 heterocycles. The van der Waals surface area contributed by atoms with Crippen molar-refractivity contribution in [1.29, 1.82) is 0 Å². The Labute approximate surface area is 201 Å². The molecule has 34 heavy (non-hydrogen) atoms. The van der Waals surface area contributed by atoms with Crippen molar-refractivity contribution < 1.29 is 24.5 Å². The van der Waals surface area contributed by atoms with Gasteiger partial charge in [0.2, 0.25) is 0 Å². The monoisotopic (exact) mass is 462 g/mol. The fourth-order valence-electron chi connectivity index (χ4n) is 4.34. The first kappa shape index (κ1) is 25.6. The number of carbonyl (C=O) groups excluding carboxylic acids is 1. The number of aliphatic hydroxyl groups is 1. The number of unbranched alkanes of at least 4 members (excludes halogenated alkanes) is 3. The van der Waals surface area contributed by atoms with Crippen molar-refractivity contribution >= 4 is 17.8 Å². The van der Waals surface area contributed by atoms with Gasteiger partial charge in [-0.25, -0.2) is 0 Å². The Morgan fingerprint density at radius 2 is 1.74 bits per heavy atom. The maximum Gasteiger partial charge on any atom is 0.303 e. The van der Waals surface area contributed by atoms with Gasteiger partial charge in [0.05, 0.1) is 12.7 Å². The smallest absolute Gasteiger partial charge is 0.303 e. The topological polar surface area (TPSA) is 83.8 Å². The number of rotatable bonds is 13. The molecule has 0 saturated heterocycles. The molecule has 2 aromatic rings. The van der Waals surface area contributed by atoms with Crippen LogP contribution in [0.3, 0.4) is 0 Å². The number of Topliss-reactive ketones (excluding diaryl/α,β-unsaturated/α-hetero) is 1. The molecule has 0 fully saturated rings. The van der Waals surface area contributed by atoms with E-state index in [9.17, 15) is 14.7 Å². The summed E-state index contributed by atoms with van der Waals surface area (Å²) in [7, 11) is 0.